The minimum atomic E-state index is 0.0871. The Morgan fingerprint density at radius 1 is 1.28 bits per heavy atom. The van der Waals surface area contributed by atoms with E-state index >= 15 is 0 Å². The van der Waals surface area contributed by atoms with Crippen molar-refractivity contribution in [1.29, 1.82) is 0 Å². The Balaban J connectivity index is 2.21. The first-order chi connectivity index (χ1) is 8.67. The molecule has 1 aliphatic rings. The zero-order valence-electron chi connectivity index (χ0n) is 11.1. The molecule has 0 aromatic heterocycles. The average molecular weight is 249 g/mol. The number of methoxy groups -OCH3 is 2. The molecule has 0 unspecified atom stereocenters. The molecule has 1 aromatic carbocycles. The third-order valence-electron chi connectivity index (χ3n) is 3.51. The van der Waals surface area contributed by atoms with Crippen LogP contribution < -0.4 is 14.8 Å². The van der Waals surface area contributed by atoms with Gasteiger partial charge in [-0.2, -0.15) is 0 Å². The predicted molar refractivity (Wildman–Crippen MR) is 70.3 cm³/mol. The molecule has 0 atom stereocenters. The number of hydrogen-bond acceptors (Lipinski definition) is 3. The Hall–Kier alpha value is -1.71. The van der Waals surface area contributed by atoms with Crippen molar-refractivity contribution in [3.63, 3.8) is 0 Å². The van der Waals surface area contributed by atoms with Gasteiger partial charge in [0, 0.05) is 11.5 Å². The number of carbonyl (C=O) groups is 1. The molecule has 1 fully saturated rings. The summed E-state index contributed by atoms with van der Waals surface area (Å²) < 4.78 is 10.6. The second-order valence-corrected chi connectivity index (χ2v) is 4.59. The first-order valence-electron chi connectivity index (χ1n) is 6.19. The first kappa shape index (κ1) is 12.7. The van der Waals surface area contributed by atoms with Gasteiger partial charge in [0.15, 0.2) is 0 Å². The monoisotopic (exact) mass is 249 g/mol. The summed E-state index contributed by atoms with van der Waals surface area (Å²) in [5.41, 5.74) is 1.61. The highest BCUT2D eigenvalue weighted by atomic mass is 16.5. The molecule has 4 nitrogen and oxygen atoms in total. The molecule has 0 aliphatic heterocycles. The topological polar surface area (TPSA) is 47.6 Å². The molecule has 0 radical (unpaired) electrons. The number of ether oxygens (including phenoxy) is 2. The van der Waals surface area contributed by atoms with Crippen LogP contribution in [-0.2, 0) is 4.79 Å². The molecule has 1 saturated carbocycles. The van der Waals surface area contributed by atoms with Crippen molar-refractivity contribution in [2.75, 3.05) is 19.5 Å². The lowest BCUT2D eigenvalue weighted by molar-refractivity contribution is -0.122. The van der Waals surface area contributed by atoms with E-state index < -0.39 is 0 Å². The lowest BCUT2D eigenvalue weighted by Crippen LogP contribution is -2.28. The van der Waals surface area contributed by atoms with Gasteiger partial charge in [0.2, 0.25) is 5.91 Å². The second-order valence-electron chi connectivity index (χ2n) is 4.59. The molecule has 0 saturated heterocycles. The molecule has 18 heavy (non-hydrogen) atoms. The van der Waals surface area contributed by atoms with Gasteiger partial charge >= 0.3 is 0 Å². The summed E-state index contributed by atoms with van der Waals surface area (Å²) in [5, 5.41) is 2.94. The summed E-state index contributed by atoms with van der Waals surface area (Å²) in [6.45, 7) is 1.91. The van der Waals surface area contributed by atoms with Crippen LogP contribution in [0.4, 0.5) is 5.69 Å². The van der Waals surface area contributed by atoms with Gasteiger partial charge in [0.05, 0.1) is 19.9 Å². The molecule has 1 aromatic rings. The quantitative estimate of drug-likeness (QED) is 0.892. The van der Waals surface area contributed by atoms with Crippen molar-refractivity contribution in [3.8, 4) is 11.5 Å². The van der Waals surface area contributed by atoms with Crippen LogP contribution in [0.2, 0.25) is 0 Å². The maximum atomic E-state index is 11.9. The summed E-state index contributed by atoms with van der Waals surface area (Å²) in [5.74, 6) is 1.68. The highest BCUT2D eigenvalue weighted by molar-refractivity contribution is 5.94. The van der Waals surface area contributed by atoms with Crippen molar-refractivity contribution in [3.05, 3.63) is 17.7 Å². The van der Waals surface area contributed by atoms with Gasteiger partial charge in [0.1, 0.15) is 11.5 Å². The third-order valence-corrected chi connectivity index (χ3v) is 3.51. The Morgan fingerprint density at radius 3 is 2.50 bits per heavy atom. The zero-order chi connectivity index (χ0) is 13.1. The molecular weight excluding hydrogens is 230 g/mol. The molecular formula is C14H19NO3. The number of amides is 1. The smallest absolute Gasteiger partial charge is 0.227 e. The lowest BCUT2D eigenvalue weighted by atomic mass is 9.85. The van der Waals surface area contributed by atoms with Crippen molar-refractivity contribution in [1.82, 2.24) is 0 Å². The van der Waals surface area contributed by atoms with Gasteiger partial charge < -0.3 is 14.8 Å². The van der Waals surface area contributed by atoms with E-state index in [1.165, 1.54) is 0 Å². The highest BCUT2D eigenvalue weighted by Crippen LogP contribution is 2.36. The maximum absolute atomic E-state index is 11.9. The number of hydrogen-bond donors (Lipinski definition) is 1. The van der Waals surface area contributed by atoms with Crippen molar-refractivity contribution >= 4 is 11.6 Å². The lowest BCUT2D eigenvalue weighted by Gasteiger charge is -2.25. The van der Waals surface area contributed by atoms with Gasteiger partial charge in [-0.1, -0.05) is 6.42 Å². The van der Waals surface area contributed by atoms with Crippen LogP contribution in [0.5, 0.6) is 11.5 Å². The van der Waals surface area contributed by atoms with Crippen LogP contribution >= 0.6 is 0 Å². The maximum Gasteiger partial charge on any atom is 0.227 e. The van der Waals surface area contributed by atoms with E-state index in [0.29, 0.717) is 11.4 Å². The SMILES string of the molecule is COc1ccc(NC(=O)C2CCC2)c(OC)c1C. The zero-order valence-corrected chi connectivity index (χ0v) is 11.1. The minimum Gasteiger partial charge on any atom is -0.496 e. The molecule has 98 valence electrons. The van der Waals surface area contributed by atoms with E-state index in [4.69, 9.17) is 9.47 Å². The van der Waals surface area contributed by atoms with Gasteiger partial charge in [-0.05, 0) is 31.9 Å². The summed E-state index contributed by atoms with van der Waals surface area (Å²) in [4.78, 5) is 11.9. The van der Waals surface area contributed by atoms with E-state index in [-0.39, 0.29) is 11.8 Å². The molecule has 1 amide bonds. The number of rotatable bonds is 4. The fraction of sp³-hybridized carbons (Fsp3) is 0.500. The van der Waals surface area contributed by atoms with E-state index in [1.807, 2.05) is 19.1 Å². The molecule has 0 bridgehead atoms. The third kappa shape index (κ3) is 2.28. The van der Waals surface area contributed by atoms with Gasteiger partial charge in [-0.15, -0.1) is 0 Å². The van der Waals surface area contributed by atoms with E-state index in [2.05, 4.69) is 5.32 Å². The van der Waals surface area contributed by atoms with Gasteiger partial charge in [-0.25, -0.2) is 0 Å². The van der Waals surface area contributed by atoms with Crippen molar-refractivity contribution < 1.29 is 14.3 Å². The Morgan fingerprint density at radius 2 is 2.00 bits per heavy atom. The largest absolute Gasteiger partial charge is 0.496 e. The molecule has 1 N–H and O–H groups in total. The summed E-state index contributed by atoms with van der Waals surface area (Å²) in [6.07, 6.45) is 3.13. The number of benzene rings is 1. The fourth-order valence-corrected chi connectivity index (χ4v) is 2.16. The van der Waals surface area contributed by atoms with Crippen LogP contribution in [0, 0.1) is 12.8 Å². The fourth-order valence-electron chi connectivity index (χ4n) is 2.16. The van der Waals surface area contributed by atoms with Crippen molar-refractivity contribution in [2.45, 2.75) is 26.2 Å². The predicted octanol–water partition coefficient (Wildman–Crippen LogP) is 2.75. The Bertz CT molecular complexity index is 453. The standard InChI is InChI=1S/C14H19NO3/c1-9-12(17-2)8-7-11(13(9)18-3)15-14(16)10-5-4-6-10/h7-8,10H,4-6H2,1-3H3,(H,15,16). The number of nitrogens with one attached hydrogen (secondary N) is 1. The molecule has 0 spiro atoms. The summed E-state index contributed by atoms with van der Waals surface area (Å²) in [6, 6.07) is 3.66. The molecule has 4 heteroatoms. The highest BCUT2D eigenvalue weighted by Gasteiger charge is 2.26. The minimum absolute atomic E-state index is 0.0871. The van der Waals surface area contributed by atoms with E-state index in [0.717, 1.165) is 30.6 Å². The molecule has 2 rings (SSSR count). The van der Waals surface area contributed by atoms with Crippen LogP contribution in [0.25, 0.3) is 0 Å². The first-order valence-corrected chi connectivity index (χ1v) is 6.19. The Kier molecular flexibility index (Phi) is 3.75. The van der Waals surface area contributed by atoms with Crippen LogP contribution in [0.3, 0.4) is 0 Å². The van der Waals surface area contributed by atoms with E-state index in [1.54, 1.807) is 14.2 Å². The van der Waals surface area contributed by atoms with Gasteiger partial charge in [0.25, 0.3) is 0 Å². The van der Waals surface area contributed by atoms with E-state index in [9.17, 15) is 4.79 Å². The normalized spacial score (nSPS) is 14.8. The Labute approximate surface area is 107 Å². The number of anilines is 1. The van der Waals surface area contributed by atoms with Crippen LogP contribution in [0.15, 0.2) is 12.1 Å². The second kappa shape index (κ2) is 5.29. The van der Waals surface area contributed by atoms with Crippen LogP contribution in [0.1, 0.15) is 24.8 Å². The average Bonchev–Trinajstić information content (AvgIpc) is 2.27. The molecule has 0 heterocycles. The van der Waals surface area contributed by atoms with Crippen LogP contribution in [-0.4, -0.2) is 20.1 Å². The van der Waals surface area contributed by atoms with Gasteiger partial charge in [-0.3, -0.25) is 4.79 Å². The van der Waals surface area contributed by atoms with Crippen molar-refractivity contribution in [2.24, 2.45) is 5.92 Å². The molecule has 1 aliphatic carbocycles. The number of carbonyl (C=O) groups excluding carboxylic acids is 1. The summed E-state index contributed by atoms with van der Waals surface area (Å²) in [7, 11) is 3.22. The summed E-state index contributed by atoms with van der Waals surface area (Å²) >= 11 is 0.